The molecular weight excluding hydrogens is 290 g/mol. The van der Waals surface area contributed by atoms with Crippen LogP contribution in [0, 0.1) is 17.0 Å². The highest BCUT2D eigenvalue weighted by molar-refractivity contribution is 5.41. The minimum atomic E-state index is -3.16. The SMILES string of the molecule is Cc1n[nH]c(C2CC(F)(F)CC(N=[N+]=[N-])CO2)c1[N+](=O)[O-]. The molecule has 2 heterocycles. The van der Waals surface area contributed by atoms with Gasteiger partial charge in [0.1, 0.15) is 17.5 Å². The van der Waals surface area contributed by atoms with Crippen molar-refractivity contribution in [1.29, 1.82) is 0 Å². The second-order valence-corrected chi connectivity index (χ2v) is 4.77. The highest BCUT2D eigenvalue weighted by Crippen LogP contribution is 2.40. The highest BCUT2D eigenvalue weighted by atomic mass is 19.3. The maximum absolute atomic E-state index is 13.8. The first-order valence-corrected chi connectivity index (χ1v) is 6.07. The minimum Gasteiger partial charge on any atom is -0.371 e. The molecule has 114 valence electrons. The number of nitro groups is 1. The molecule has 1 N–H and O–H groups in total. The van der Waals surface area contributed by atoms with Crippen molar-refractivity contribution in [2.45, 2.75) is 37.8 Å². The molecule has 1 saturated heterocycles. The van der Waals surface area contributed by atoms with Crippen LogP contribution in [0.3, 0.4) is 0 Å². The van der Waals surface area contributed by atoms with Gasteiger partial charge in [0, 0.05) is 17.8 Å². The van der Waals surface area contributed by atoms with Crippen LogP contribution in [-0.2, 0) is 4.74 Å². The van der Waals surface area contributed by atoms with Crippen LogP contribution in [0.5, 0.6) is 0 Å². The number of rotatable bonds is 3. The maximum atomic E-state index is 13.8. The van der Waals surface area contributed by atoms with Gasteiger partial charge in [0.15, 0.2) is 0 Å². The molecule has 2 rings (SSSR count). The number of hydrogen-bond acceptors (Lipinski definition) is 5. The summed E-state index contributed by atoms with van der Waals surface area (Å²) in [5.41, 5.74) is 7.97. The zero-order valence-corrected chi connectivity index (χ0v) is 11.0. The molecule has 1 aliphatic heterocycles. The van der Waals surface area contributed by atoms with Gasteiger partial charge in [0.2, 0.25) is 0 Å². The van der Waals surface area contributed by atoms with E-state index in [1.807, 2.05) is 0 Å². The molecule has 9 nitrogen and oxygen atoms in total. The third-order valence-corrected chi connectivity index (χ3v) is 3.17. The number of azide groups is 1. The Morgan fingerprint density at radius 3 is 2.95 bits per heavy atom. The van der Waals surface area contributed by atoms with Crippen molar-refractivity contribution >= 4 is 5.69 Å². The molecule has 1 aromatic heterocycles. The molecule has 0 bridgehead atoms. The summed E-state index contributed by atoms with van der Waals surface area (Å²) in [7, 11) is 0. The summed E-state index contributed by atoms with van der Waals surface area (Å²) in [4.78, 5) is 12.8. The number of hydrogen-bond donors (Lipinski definition) is 1. The molecule has 0 radical (unpaired) electrons. The van der Waals surface area contributed by atoms with Crippen LogP contribution in [0.15, 0.2) is 5.11 Å². The van der Waals surface area contributed by atoms with E-state index in [2.05, 4.69) is 20.2 Å². The van der Waals surface area contributed by atoms with Gasteiger partial charge in [-0.05, 0) is 12.5 Å². The van der Waals surface area contributed by atoms with Crippen molar-refractivity contribution in [2.75, 3.05) is 6.61 Å². The maximum Gasteiger partial charge on any atom is 0.315 e. The zero-order valence-electron chi connectivity index (χ0n) is 11.0. The van der Waals surface area contributed by atoms with E-state index in [9.17, 15) is 18.9 Å². The van der Waals surface area contributed by atoms with Gasteiger partial charge in [-0.15, -0.1) is 0 Å². The van der Waals surface area contributed by atoms with Crippen molar-refractivity contribution < 1.29 is 18.4 Å². The summed E-state index contributed by atoms with van der Waals surface area (Å²) < 4.78 is 33.0. The topological polar surface area (TPSA) is 130 Å². The molecule has 11 heteroatoms. The standard InChI is InChI=1S/C10H12F2N6O3/c1-5-9(18(19)20)8(16-14-5)7-3-10(11,12)2-6(4-21-7)15-17-13/h6-7H,2-4H2,1H3,(H,14,16). The zero-order chi connectivity index (χ0) is 15.6. The first-order valence-electron chi connectivity index (χ1n) is 6.07. The average Bonchev–Trinajstić information content (AvgIpc) is 2.68. The number of nitrogens with one attached hydrogen (secondary N) is 1. The van der Waals surface area contributed by atoms with Crippen molar-refractivity contribution in [3.8, 4) is 0 Å². The molecule has 1 aromatic rings. The van der Waals surface area contributed by atoms with E-state index in [1.165, 1.54) is 6.92 Å². The Labute approximate surface area is 117 Å². The van der Waals surface area contributed by atoms with Crippen molar-refractivity contribution in [3.05, 3.63) is 31.9 Å². The number of H-pyrrole nitrogens is 1. The predicted octanol–water partition coefficient (Wildman–Crippen LogP) is 2.79. The Bertz CT molecular complexity index is 598. The number of alkyl halides is 2. The Morgan fingerprint density at radius 1 is 1.62 bits per heavy atom. The second-order valence-electron chi connectivity index (χ2n) is 4.77. The van der Waals surface area contributed by atoms with Gasteiger partial charge in [-0.2, -0.15) is 5.10 Å². The third kappa shape index (κ3) is 3.26. The third-order valence-electron chi connectivity index (χ3n) is 3.17. The number of halogens is 2. The van der Waals surface area contributed by atoms with Crippen LogP contribution in [0.25, 0.3) is 10.4 Å². The lowest BCUT2D eigenvalue weighted by molar-refractivity contribution is -0.386. The van der Waals surface area contributed by atoms with E-state index in [0.29, 0.717) is 0 Å². The molecule has 2 unspecified atom stereocenters. The molecule has 21 heavy (non-hydrogen) atoms. The van der Waals surface area contributed by atoms with E-state index < -0.39 is 35.8 Å². The smallest absolute Gasteiger partial charge is 0.315 e. The molecule has 1 fully saturated rings. The van der Waals surface area contributed by atoms with E-state index in [-0.39, 0.29) is 23.7 Å². The molecule has 0 saturated carbocycles. The van der Waals surface area contributed by atoms with Gasteiger partial charge in [0.25, 0.3) is 5.92 Å². The molecule has 0 amide bonds. The fourth-order valence-corrected chi connectivity index (χ4v) is 2.28. The first kappa shape index (κ1) is 15.1. The lowest BCUT2D eigenvalue weighted by Crippen LogP contribution is -2.22. The summed E-state index contributed by atoms with van der Waals surface area (Å²) in [5.74, 6) is -3.16. The average molecular weight is 302 g/mol. The fraction of sp³-hybridized carbons (Fsp3) is 0.700. The first-order chi connectivity index (χ1) is 9.84. The Hall–Kier alpha value is -2.26. The quantitative estimate of drug-likeness (QED) is 0.302. The van der Waals surface area contributed by atoms with Gasteiger partial charge >= 0.3 is 5.69 Å². The highest BCUT2D eigenvalue weighted by Gasteiger charge is 2.42. The second kappa shape index (κ2) is 5.62. The lowest BCUT2D eigenvalue weighted by atomic mass is 10.0. The largest absolute Gasteiger partial charge is 0.371 e. The molecule has 0 aliphatic carbocycles. The summed E-state index contributed by atoms with van der Waals surface area (Å²) >= 11 is 0. The predicted molar refractivity (Wildman–Crippen MR) is 65.8 cm³/mol. The van der Waals surface area contributed by atoms with Gasteiger partial charge in [0.05, 0.1) is 17.6 Å². The Morgan fingerprint density at radius 2 is 2.33 bits per heavy atom. The summed E-state index contributed by atoms with van der Waals surface area (Å²) in [6.45, 7) is 1.16. The van der Waals surface area contributed by atoms with Gasteiger partial charge in [-0.1, -0.05) is 5.11 Å². The molecule has 1 aliphatic rings. The Balaban J connectivity index is 2.32. The van der Waals surface area contributed by atoms with Crippen molar-refractivity contribution in [1.82, 2.24) is 10.2 Å². The van der Waals surface area contributed by atoms with Crippen LogP contribution in [0.4, 0.5) is 14.5 Å². The molecule has 0 aromatic carbocycles. The van der Waals surface area contributed by atoms with Crippen LogP contribution >= 0.6 is 0 Å². The van der Waals surface area contributed by atoms with Crippen LogP contribution in [0.2, 0.25) is 0 Å². The lowest BCUT2D eigenvalue weighted by Gasteiger charge is -2.17. The van der Waals surface area contributed by atoms with E-state index in [1.54, 1.807) is 0 Å². The van der Waals surface area contributed by atoms with E-state index in [0.717, 1.165) is 0 Å². The van der Waals surface area contributed by atoms with Crippen LogP contribution in [0.1, 0.15) is 30.3 Å². The number of nitrogens with zero attached hydrogens (tertiary/aromatic N) is 5. The monoisotopic (exact) mass is 302 g/mol. The van der Waals surface area contributed by atoms with Crippen LogP contribution < -0.4 is 0 Å². The Kier molecular flexibility index (Phi) is 4.05. The summed E-state index contributed by atoms with van der Waals surface area (Å²) in [6, 6.07) is -1.02. The van der Waals surface area contributed by atoms with Gasteiger partial charge in [-0.25, -0.2) is 8.78 Å². The number of aromatic nitrogens is 2. The molecular formula is C10H12F2N6O3. The van der Waals surface area contributed by atoms with Crippen molar-refractivity contribution in [2.24, 2.45) is 5.11 Å². The number of ether oxygens (including phenoxy) is 1. The normalized spacial score (nSPS) is 24.9. The number of aromatic amines is 1. The van der Waals surface area contributed by atoms with Gasteiger partial charge in [-0.3, -0.25) is 15.2 Å². The number of aryl methyl sites for hydroxylation is 1. The van der Waals surface area contributed by atoms with E-state index in [4.69, 9.17) is 10.3 Å². The minimum absolute atomic E-state index is 0.0951. The van der Waals surface area contributed by atoms with Gasteiger partial charge < -0.3 is 4.74 Å². The van der Waals surface area contributed by atoms with Crippen LogP contribution in [-0.4, -0.2) is 33.7 Å². The molecule has 2 atom stereocenters. The fourth-order valence-electron chi connectivity index (χ4n) is 2.28. The summed E-state index contributed by atoms with van der Waals surface area (Å²) in [6.07, 6.45) is -2.61. The summed E-state index contributed by atoms with van der Waals surface area (Å²) in [5, 5.41) is 20.3. The molecule has 0 spiro atoms. The van der Waals surface area contributed by atoms with E-state index >= 15 is 0 Å². The van der Waals surface area contributed by atoms with Crippen molar-refractivity contribution in [3.63, 3.8) is 0 Å².